The fourth-order valence-electron chi connectivity index (χ4n) is 6.97. The van der Waals surface area contributed by atoms with Gasteiger partial charge in [0.2, 0.25) is 0 Å². The first-order valence-electron chi connectivity index (χ1n) is 26.6. The largest absolute Gasteiger partial charge is 0.462 e. The second-order valence-electron chi connectivity index (χ2n) is 17.2. The predicted octanol–water partition coefficient (Wildman–Crippen LogP) is 17.7. The molecule has 6 nitrogen and oxygen atoms in total. The van der Waals surface area contributed by atoms with Gasteiger partial charge in [-0.05, 0) is 70.6 Å². The molecular weight excluding hydrogens is 817 g/mol. The molecule has 0 N–H and O–H groups in total. The summed E-state index contributed by atoms with van der Waals surface area (Å²) in [5, 5.41) is 0. The van der Waals surface area contributed by atoms with Crippen LogP contribution in [0.1, 0.15) is 220 Å². The van der Waals surface area contributed by atoms with Crippen molar-refractivity contribution in [3.8, 4) is 0 Å². The van der Waals surface area contributed by atoms with Crippen LogP contribution in [0.25, 0.3) is 0 Å². The molecule has 0 aliphatic rings. The Morgan fingerprint density at radius 2 is 0.667 bits per heavy atom. The van der Waals surface area contributed by atoms with Crippen molar-refractivity contribution in [1.82, 2.24) is 0 Å². The van der Waals surface area contributed by atoms with Gasteiger partial charge in [-0.3, -0.25) is 14.4 Å². The first kappa shape index (κ1) is 61.8. The summed E-state index contributed by atoms with van der Waals surface area (Å²) in [6, 6.07) is 0. The minimum Gasteiger partial charge on any atom is -0.462 e. The maximum atomic E-state index is 12.8. The molecule has 1 atom stereocenters. The maximum absolute atomic E-state index is 12.8. The van der Waals surface area contributed by atoms with Gasteiger partial charge in [0, 0.05) is 19.3 Å². The molecule has 0 amide bonds. The van der Waals surface area contributed by atoms with Crippen molar-refractivity contribution < 1.29 is 28.6 Å². The molecule has 0 saturated heterocycles. The quantitative estimate of drug-likeness (QED) is 0.0199. The van der Waals surface area contributed by atoms with E-state index in [0.29, 0.717) is 19.3 Å². The number of carbonyl (C=O) groups is 3. The van der Waals surface area contributed by atoms with Crippen LogP contribution in [-0.4, -0.2) is 37.2 Å². The minimum absolute atomic E-state index is 0.100. The number of carbonyl (C=O) groups excluding carboxylic acids is 3. The van der Waals surface area contributed by atoms with Gasteiger partial charge in [0.25, 0.3) is 0 Å². The fourth-order valence-corrected chi connectivity index (χ4v) is 6.97. The Balaban J connectivity index is 4.53. The lowest BCUT2D eigenvalue weighted by Crippen LogP contribution is -2.30. The van der Waals surface area contributed by atoms with E-state index >= 15 is 0 Å². The van der Waals surface area contributed by atoms with Gasteiger partial charge in [-0.1, -0.05) is 251 Å². The van der Waals surface area contributed by atoms with Gasteiger partial charge >= 0.3 is 17.9 Å². The van der Waals surface area contributed by atoms with Crippen LogP contribution in [0.2, 0.25) is 0 Å². The number of hydrogen-bond donors (Lipinski definition) is 0. The molecule has 0 bridgehead atoms. The molecule has 0 radical (unpaired) electrons. The molecule has 0 rings (SSSR count). The fraction of sp³-hybridized carbons (Fsp3) is 0.617. The zero-order valence-electron chi connectivity index (χ0n) is 42.4. The van der Waals surface area contributed by atoms with Crippen molar-refractivity contribution in [2.45, 2.75) is 226 Å². The predicted molar refractivity (Wildman–Crippen MR) is 283 cm³/mol. The van der Waals surface area contributed by atoms with Crippen LogP contribution in [0.4, 0.5) is 0 Å². The topological polar surface area (TPSA) is 78.9 Å². The summed E-state index contributed by atoms with van der Waals surface area (Å²) in [6.45, 7) is 6.32. The van der Waals surface area contributed by atoms with Crippen LogP contribution in [0.3, 0.4) is 0 Å². The second kappa shape index (κ2) is 53.4. The second-order valence-corrected chi connectivity index (χ2v) is 17.2. The van der Waals surface area contributed by atoms with Gasteiger partial charge in [-0.2, -0.15) is 0 Å². The normalized spacial score (nSPS) is 13.1. The monoisotopic (exact) mass is 913 g/mol. The van der Waals surface area contributed by atoms with Crippen LogP contribution in [-0.2, 0) is 28.6 Å². The molecule has 0 aromatic carbocycles. The third-order valence-corrected chi connectivity index (χ3v) is 10.9. The Morgan fingerprint density at radius 3 is 1.12 bits per heavy atom. The molecule has 0 spiro atoms. The lowest BCUT2D eigenvalue weighted by molar-refractivity contribution is -0.167. The standard InChI is InChI=1S/C60H96O6/c1-4-7-10-13-16-19-22-25-27-29-30-31-33-35-38-41-44-47-50-53-59(62)65-56-57(55-64-58(61)52-49-46-43-40-37-34-24-21-18-15-12-9-6-3)66-60(63)54-51-48-45-42-39-36-32-28-26-23-20-17-14-11-8-5-2/h7-8,10-11,13,16-17,19-20,22,25-31,33,35,38,57H,4-6,9,12,14-15,18,21,23-24,32,34,36-37,39-56H2,1-3H3/b10-7-,11-8-,16-13-,20-17-,22-19-,27-25-,28-26-,30-29+,33-31-,38-35-. The van der Waals surface area contributed by atoms with Crippen molar-refractivity contribution in [2.75, 3.05) is 13.2 Å². The van der Waals surface area contributed by atoms with E-state index in [1.807, 2.05) is 72.9 Å². The maximum Gasteiger partial charge on any atom is 0.306 e. The summed E-state index contributed by atoms with van der Waals surface area (Å²) in [5.41, 5.74) is 0. The van der Waals surface area contributed by atoms with Crippen LogP contribution in [0.15, 0.2) is 122 Å². The molecule has 0 heterocycles. The first-order chi connectivity index (χ1) is 32.5. The Hall–Kier alpha value is -4.19. The molecule has 0 fully saturated rings. The van der Waals surface area contributed by atoms with E-state index in [0.717, 1.165) is 103 Å². The van der Waals surface area contributed by atoms with Gasteiger partial charge in [0.1, 0.15) is 13.2 Å². The Labute approximate surface area is 405 Å². The van der Waals surface area contributed by atoms with Gasteiger partial charge in [0.05, 0.1) is 0 Å². The molecule has 372 valence electrons. The van der Waals surface area contributed by atoms with Crippen LogP contribution in [0.5, 0.6) is 0 Å². The smallest absolute Gasteiger partial charge is 0.306 e. The van der Waals surface area contributed by atoms with Gasteiger partial charge in [-0.15, -0.1) is 0 Å². The molecule has 0 aliphatic heterocycles. The van der Waals surface area contributed by atoms with Gasteiger partial charge < -0.3 is 14.2 Å². The average Bonchev–Trinajstić information content (AvgIpc) is 3.31. The highest BCUT2D eigenvalue weighted by atomic mass is 16.6. The summed E-state index contributed by atoms with van der Waals surface area (Å²) >= 11 is 0. The molecule has 0 aliphatic carbocycles. The van der Waals surface area contributed by atoms with E-state index in [4.69, 9.17) is 14.2 Å². The van der Waals surface area contributed by atoms with Crippen LogP contribution < -0.4 is 0 Å². The number of ether oxygens (including phenoxy) is 3. The zero-order valence-corrected chi connectivity index (χ0v) is 42.4. The third-order valence-electron chi connectivity index (χ3n) is 10.9. The van der Waals surface area contributed by atoms with Crippen molar-refractivity contribution in [3.05, 3.63) is 122 Å². The Kier molecular flexibility index (Phi) is 50.0. The van der Waals surface area contributed by atoms with Crippen LogP contribution >= 0.6 is 0 Å². The lowest BCUT2D eigenvalue weighted by Gasteiger charge is -2.18. The zero-order chi connectivity index (χ0) is 47.9. The third kappa shape index (κ3) is 50.8. The average molecular weight is 913 g/mol. The summed E-state index contributed by atoms with van der Waals surface area (Å²) in [7, 11) is 0. The molecule has 6 heteroatoms. The molecule has 66 heavy (non-hydrogen) atoms. The van der Waals surface area contributed by atoms with Crippen molar-refractivity contribution in [3.63, 3.8) is 0 Å². The van der Waals surface area contributed by atoms with Gasteiger partial charge in [-0.25, -0.2) is 0 Å². The highest BCUT2D eigenvalue weighted by Crippen LogP contribution is 2.15. The highest BCUT2D eigenvalue weighted by Gasteiger charge is 2.19. The number of hydrogen-bond acceptors (Lipinski definition) is 6. The number of unbranched alkanes of at least 4 members (excludes halogenated alkanes) is 21. The number of esters is 3. The summed E-state index contributed by atoms with van der Waals surface area (Å²) in [6.07, 6.45) is 73.1. The van der Waals surface area contributed by atoms with E-state index in [1.54, 1.807) is 0 Å². The van der Waals surface area contributed by atoms with Crippen molar-refractivity contribution >= 4 is 17.9 Å². The molecule has 1 unspecified atom stereocenters. The summed E-state index contributed by atoms with van der Waals surface area (Å²) in [5.74, 6) is -0.964. The first-order valence-corrected chi connectivity index (χ1v) is 26.6. The minimum atomic E-state index is -0.806. The van der Waals surface area contributed by atoms with E-state index in [2.05, 4.69) is 69.4 Å². The van der Waals surface area contributed by atoms with E-state index < -0.39 is 6.10 Å². The van der Waals surface area contributed by atoms with E-state index in [-0.39, 0.29) is 31.1 Å². The van der Waals surface area contributed by atoms with Crippen molar-refractivity contribution in [2.24, 2.45) is 0 Å². The van der Waals surface area contributed by atoms with Crippen LogP contribution in [0, 0.1) is 0 Å². The van der Waals surface area contributed by atoms with Gasteiger partial charge in [0.15, 0.2) is 6.10 Å². The summed E-state index contributed by atoms with van der Waals surface area (Å²) < 4.78 is 16.8. The Bertz CT molecular complexity index is 1420. The van der Waals surface area contributed by atoms with E-state index in [1.165, 1.54) is 77.0 Å². The Morgan fingerprint density at radius 1 is 0.333 bits per heavy atom. The molecule has 0 aromatic heterocycles. The SMILES string of the molecule is CC\C=C/C=C\C=C/C=C\C=C\C=C/C=C\CCCCCC(=O)OCC(COC(=O)CCCCCCCCCCCCCCC)OC(=O)CCCCCCCC/C=C\C/C=C\C/C=C\CC. The lowest BCUT2D eigenvalue weighted by atomic mass is 10.0. The number of allylic oxidation sites excluding steroid dienone is 20. The molecule has 0 saturated carbocycles. The van der Waals surface area contributed by atoms with Crippen molar-refractivity contribution in [1.29, 1.82) is 0 Å². The van der Waals surface area contributed by atoms with E-state index in [9.17, 15) is 14.4 Å². The number of rotatable bonds is 46. The molecule has 0 aromatic rings. The highest BCUT2D eigenvalue weighted by molar-refractivity contribution is 5.71. The summed E-state index contributed by atoms with van der Waals surface area (Å²) in [4.78, 5) is 38.0. The molecular formula is C60H96O6.